The van der Waals surface area contributed by atoms with Crippen molar-refractivity contribution in [2.24, 2.45) is 0 Å². The van der Waals surface area contributed by atoms with E-state index in [0.29, 0.717) is 6.42 Å². The molecular formula is C18H26F3NO3. The lowest BCUT2D eigenvalue weighted by Gasteiger charge is -2.26. The SMILES string of the molecule is CN(CCC(CCO)c1cc(C(F)F)ccc1F)C(=O)OC(C)(C)C. The second-order valence-electron chi connectivity index (χ2n) is 6.98. The number of halogens is 3. The van der Waals surface area contributed by atoms with Gasteiger partial charge in [-0.2, -0.15) is 0 Å². The summed E-state index contributed by atoms with van der Waals surface area (Å²) in [5.41, 5.74) is -0.766. The number of benzene rings is 1. The molecule has 4 nitrogen and oxygen atoms in total. The van der Waals surface area contributed by atoms with E-state index in [2.05, 4.69) is 0 Å². The zero-order valence-corrected chi connectivity index (χ0v) is 15.1. The molecule has 0 radical (unpaired) electrons. The Morgan fingerprint density at radius 1 is 1.28 bits per heavy atom. The minimum Gasteiger partial charge on any atom is -0.444 e. The van der Waals surface area contributed by atoms with Crippen LogP contribution in [0.1, 0.15) is 57.1 Å². The molecular weight excluding hydrogens is 335 g/mol. The Balaban J connectivity index is 2.84. The monoisotopic (exact) mass is 361 g/mol. The van der Waals surface area contributed by atoms with Crippen LogP contribution in [0.2, 0.25) is 0 Å². The topological polar surface area (TPSA) is 49.8 Å². The maximum atomic E-state index is 14.1. The Morgan fingerprint density at radius 2 is 1.92 bits per heavy atom. The highest BCUT2D eigenvalue weighted by atomic mass is 19.3. The highest BCUT2D eigenvalue weighted by molar-refractivity contribution is 5.67. The van der Waals surface area contributed by atoms with Crippen LogP contribution >= 0.6 is 0 Å². The summed E-state index contributed by atoms with van der Waals surface area (Å²) in [4.78, 5) is 13.3. The van der Waals surface area contributed by atoms with Crippen molar-refractivity contribution < 1.29 is 27.8 Å². The average molecular weight is 361 g/mol. The summed E-state index contributed by atoms with van der Waals surface area (Å²) in [6, 6.07) is 3.19. The van der Waals surface area contributed by atoms with Crippen molar-refractivity contribution >= 4 is 6.09 Å². The van der Waals surface area contributed by atoms with E-state index in [1.165, 1.54) is 4.90 Å². The molecule has 0 aliphatic rings. The van der Waals surface area contributed by atoms with Crippen molar-refractivity contribution in [2.75, 3.05) is 20.2 Å². The van der Waals surface area contributed by atoms with E-state index in [1.54, 1.807) is 27.8 Å². The van der Waals surface area contributed by atoms with Gasteiger partial charge in [-0.3, -0.25) is 0 Å². The number of hydrogen-bond donors (Lipinski definition) is 1. The Hall–Kier alpha value is -1.76. The van der Waals surface area contributed by atoms with E-state index >= 15 is 0 Å². The summed E-state index contributed by atoms with van der Waals surface area (Å²) in [7, 11) is 1.55. The van der Waals surface area contributed by atoms with Crippen molar-refractivity contribution in [1.82, 2.24) is 4.90 Å². The van der Waals surface area contributed by atoms with Crippen LogP contribution in [0.4, 0.5) is 18.0 Å². The molecule has 0 heterocycles. The predicted octanol–water partition coefficient (Wildman–Crippen LogP) is 4.49. The molecule has 1 rings (SSSR count). The molecule has 0 aromatic heterocycles. The van der Waals surface area contributed by atoms with Gasteiger partial charge in [0.05, 0.1) is 0 Å². The zero-order valence-electron chi connectivity index (χ0n) is 15.1. The van der Waals surface area contributed by atoms with E-state index in [0.717, 1.165) is 18.2 Å². The lowest BCUT2D eigenvalue weighted by Crippen LogP contribution is -2.35. The van der Waals surface area contributed by atoms with Gasteiger partial charge < -0.3 is 14.7 Å². The normalized spacial score (nSPS) is 13.0. The lowest BCUT2D eigenvalue weighted by molar-refractivity contribution is 0.0293. The molecule has 1 atom stereocenters. The Bertz CT molecular complexity index is 573. The maximum Gasteiger partial charge on any atom is 0.410 e. The number of amides is 1. The third kappa shape index (κ3) is 6.94. The average Bonchev–Trinajstić information content (AvgIpc) is 2.49. The summed E-state index contributed by atoms with van der Waals surface area (Å²) in [6.07, 6.45) is -2.68. The largest absolute Gasteiger partial charge is 0.444 e. The van der Waals surface area contributed by atoms with E-state index in [1.807, 2.05) is 0 Å². The van der Waals surface area contributed by atoms with Crippen LogP contribution < -0.4 is 0 Å². The van der Waals surface area contributed by atoms with Crippen molar-refractivity contribution in [1.29, 1.82) is 0 Å². The number of hydrogen-bond acceptors (Lipinski definition) is 3. The molecule has 1 unspecified atom stereocenters. The molecule has 1 aromatic rings. The number of carbonyl (C=O) groups is 1. The molecule has 7 heteroatoms. The van der Waals surface area contributed by atoms with Gasteiger partial charge in [0.15, 0.2) is 0 Å². The van der Waals surface area contributed by atoms with Crippen LogP contribution in [-0.4, -0.2) is 41.9 Å². The Morgan fingerprint density at radius 3 is 2.44 bits per heavy atom. The van der Waals surface area contributed by atoms with Gasteiger partial charge in [0, 0.05) is 25.8 Å². The number of carbonyl (C=O) groups excluding carboxylic acids is 1. The summed E-state index contributed by atoms with van der Waals surface area (Å²) in [6.45, 7) is 5.28. The van der Waals surface area contributed by atoms with Gasteiger partial charge in [0.25, 0.3) is 6.43 Å². The van der Waals surface area contributed by atoms with Gasteiger partial charge in [-0.1, -0.05) is 6.07 Å². The highest BCUT2D eigenvalue weighted by Gasteiger charge is 2.22. The number of rotatable bonds is 7. The zero-order chi connectivity index (χ0) is 19.2. The van der Waals surface area contributed by atoms with Crippen LogP contribution in [0.3, 0.4) is 0 Å². The van der Waals surface area contributed by atoms with Crippen LogP contribution in [0.15, 0.2) is 18.2 Å². The second kappa shape index (κ2) is 9.08. The number of ether oxygens (including phenoxy) is 1. The second-order valence-corrected chi connectivity index (χ2v) is 6.98. The van der Waals surface area contributed by atoms with Crippen LogP contribution in [0.5, 0.6) is 0 Å². The Labute approximate surface area is 146 Å². The number of aliphatic hydroxyl groups excluding tert-OH is 1. The first kappa shape index (κ1) is 21.3. The van der Waals surface area contributed by atoms with Gasteiger partial charge in [-0.25, -0.2) is 18.0 Å². The molecule has 0 aliphatic heterocycles. The third-order valence-electron chi connectivity index (χ3n) is 3.71. The molecule has 0 aliphatic carbocycles. The van der Waals surface area contributed by atoms with Crippen molar-refractivity contribution in [3.8, 4) is 0 Å². The van der Waals surface area contributed by atoms with Gasteiger partial charge in [0.2, 0.25) is 0 Å². The van der Waals surface area contributed by atoms with Crippen molar-refractivity contribution in [3.05, 3.63) is 35.1 Å². The lowest BCUT2D eigenvalue weighted by atomic mass is 9.91. The maximum absolute atomic E-state index is 14.1. The molecule has 1 aromatic carbocycles. The smallest absolute Gasteiger partial charge is 0.410 e. The minimum absolute atomic E-state index is 0.129. The Kier molecular flexibility index (Phi) is 7.73. The number of aliphatic hydroxyl groups is 1. The van der Waals surface area contributed by atoms with Gasteiger partial charge in [-0.05, 0) is 57.2 Å². The summed E-state index contributed by atoms with van der Waals surface area (Å²) >= 11 is 0. The molecule has 1 amide bonds. The number of nitrogens with zero attached hydrogens (tertiary/aromatic N) is 1. The molecule has 0 bridgehead atoms. The van der Waals surface area contributed by atoms with Crippen LogP contribution in [-0.2, 0) is 4.74 Å². The molecule has 0 fully saturated rings. The van der Waals surface area contributed by atoms with Gasteiger partial charge in [0.1, 0.15) is 11.4 Å². The number of alkyl halides is 2. The van der Waals surface area contributed by atoms with E-state index in [9.17, 15) is 23.1 Å². The first-order chi connectivity index (χ1) is 11.5. The molecule has 0 saturated heterocycles. The minimum atomic E-state index is -2.70. The van der Waals surface area contributed by atoms with Gasteiger partial charge >= 0.3 is 6.09 Å². The van der Waals surface area contributed by atoms with Crippen molar-refractivity contribution in [3.63, 3.8) is 0 Å². The van der Waals surface area contributed by atoms with Crippen LogP contribution in [0, 0.1) is 5.82 Å². The highest BCUT2D eigenvalue weighted by Crippen LogP contribution is 2.30. The summed E-state index contributed by atoms with van der Waals surface area (Å²) < 4.78 is 45.0. The predicted molar refractivity (Wildman–Crippen MR) is 89.3 cm³/mol. The fraction of sp³-hybridized carbons (Fsp3) is 0.611. The van der Waals surface area contributed by atoms with E-state index in [4.69, 9.17) is 4.74 Å². The van der Waals surface area contributed by atoms with Crippen molar-refractivity contribution in [2.45, 2.75) is 51.6 Å². The van der Waals surface area contributed by atoms with E-state index in [-0.39, 0.29) is 30.7 Å². The standard InChI is InChI=1S/C18H26F3NO3/c1-18(2,3)25-17(24)22(4)9-7-12(8-10-23)14-11-13(16(20)21)5-6-15(14)19/h5-6,11-12,16,23H,7-10H2,1-4H3. The first-order valence-electron chi connectivity index (χ1n) is 8.17. The molecule has 25 heavy (non-hydrogen) atoms. The molecule has 1 N–H and O–H groups in total. The molecule has 142 valence electrons. The fourth-order valence-electron chi connectivity index (χ4n) is 2.40. The first-order valence-corrected chi connectivity index (χ1v) is 8.17. The van der Waals surface area contributed by atoms with Crippen LogP contribution in [0.25, 0.3) is 0 Å². The molecule has 0 spiro atoms. The summed E-state index contributed by atoms with van der Waals surface area (Å²) in [5, 5.41) is 9.22. The van der Waals surface area contributed by atoms with Gasteiger partial charge in [-0.15, -0.1) is 0 Å². The fourth-order valence-corrected chi connectivity index (χ4v) is 2.40. The summed E-state index contributed by atoms with van der Waals surface area (Å²) in [5.74, 6) is -1.07. The third-order valence-corrected chi connectivity index (χ3v) is 3.71. The molecule has 0 saturated carbocycles. The van der Waals surface area contributed by atoms with E-state index < -0.39 is 29.9 Å². The quantitative estimate of drug-likeness (QED) is 0.779.